The maximum atomic E-state index is 4.34. The average Bonchev–Trinajstić information content (AvgIpc) is 2.76. The fourth-order valence-corrected chi connectivity index (χ4v) is 2.88. The number of rotatable bonds is 5. The number of hydrogen-bond acceptors (Lipinski definition) is 4. The Hall–Kier alpha value is -0.940. The summed E-state index contributed by atoms with van der Waals surface area (Å²) in [6.45, 7) is 7.59. The Morgan fingerprint density at radius 1 is 1.50 bits per heavy atom. The van der Waals surface area contributed by atoms with Gasteiger partial charge in [-0.15, -0.1) is 0 Å². The van der Waals surface area contributed by atoms with Crippen molar-refractivity contribution in [3.8, 4) is 0 Å². The Bertz CT molecular complexity index is 362. The number of aromatic nitrogens is 3. The largest absolute Gasteiger partial charge is 0.313 e. The topological polar surface area (TPSA) is 46.0 Å². The van der Waals surface area contributed by atoms with Crippen LogP contribution in [0, 0.1) is 0 Å². The first-order valence-corrected chi connectivity index (χ1v) is 7.02. The van der Waals surface area contributed by atoms with Crippen LogP contribution in [-0.4, -0.2) is 44.8 Å². The van der Waals surface area contributed by atoms with Crippen molar-refractivity contribution in [1.82, 2.24) is 25.0 Å². The second-order valence-corrected chi connectivity index (χ2v) is 5.18. The van der Waals surface area contributed by atoms with Crippen molar-refractivity contribution < 1.29 is 0 Å². The van der Waals surface area contributed by atoms with E-state index in [9.17, 15) is 0 Å². The Morgan fingerprint density at radius 3 is 3.00 bits per heavy atom. The molecule has 1 N–H and O–H groups in total. The molecule has 0 aliphatic carbocycles. The molecule has 1 fully saturated rings. The molecule has 102 valence electrons. The smallest absolute Gasteiger partial charge is 0.140 e. The van der Waals surface area contributed by atoms with Gasteiger partial charge in [-0.05, 0) is 32.9 Å². The van der Waals surface area contributed by atoms with Gasteiger partial charge >= 0.3 is 0 Å². The van der Waals surface area contributed by atoms with E-state index in [1.807, 2.05) is 11.7 Å². The molecule has 2 unspecified atom stereocenters. The molecule has 1 saturated heterocycles. The van der Waals surface area contributed by atoms with Gasteiger partial charge in [0.05, 0.1) is 6.54 Å². The minimum Gasteiger partial charge on any atom is -0.313 e. The first-order chi connectivity index (χ1) is 8.72. The van der Waals surface area contributed by atoms with Crippen LogP contribution in [0.4, 0.5) is 0 Å². The molecule has 1 aromatic rings. The molecule has 5 heteroatoms. The highest BCUT2D eigenvalue weighted by Gasteiger charge is 2.27. The van der Waals surface area contributed by atoms with E-state index in [4.69, 9.17) is 0 Å². The van der Waals surface area contributed by atoms with Crippen molar-refractivity contribution in [2.45, 2.75) is 51.7 Å². The lowest BCUT2D eigenvalue weighted by atomic mass is 9.96. The summed E-state index contributed by atoms with van der Waals surface area (Å²) in [7, 11) is 1.97. The van der Waals surface area contributed by atoms with Crippen LogP contribution in [-0.2, 0) is 13.6 Å². The highest BCUT2D eigenvalue weighted by Crippen LogP contribution is 2.21. The van der Waals surface area contributed by atoms with Crippen LogP contribution in [0.1, 0.15) is 38.9 Å². The number of likely N-dealkylation sites (tertiary alicyclic amines) is 1. The van der Waals surface area contributed by atoms with Crippen LogP contribution in [0.15, 0.2) is 6.33 Å². The van der Waals surface area contributed by atoms with Gasteiger partial charge in [0.1, 0.15) is 12.2 Å². The highest BCUT2D eigenvalue weighted by molar-refractivity contribution is 4.90. The van der Waals surface area contributed by atoms with Gasteiger partial charge in [0, 0.05) is 19.1 Å². The molecular weight excluding hydrogens is 226 g/mol. The Morgan fingerprint density at radius 2 is 2.33 bits per heavy atom. The van der Waals surface area contributed by atoms with E-state index in [2.05, 4.69) is 34.1 Å². The zero-order valence-electron chi connectivity index (χ0n) is 11.8. The standard InChI is InChI=1S/C13H25N5/c1-4-14-11(2)12-7-5-6-8-18(12)9-13-15-10-16-17(13)3/h10-12,14H,4-9H2,1-3H3. The minimum atomic E-state index is 0.545. The fourth-order valence-electron chi connectivity index (χ4n) is 2.88. The van der Waals surface area contributed by atoms with Crippen LogP contribution in [0.2, 0.25) is 0 Å². The second kappa shape index (κ2) is 6.29. The number of nitrogens with one attached hydrogen (secondary N) is 1. The lowest BCUT2D eigenvalue weighted by Gasteiger charge is -2.39. The molecule has 0 saturated carbocycles. The summed E-state index contributed by atoms with van der Waals surface area (Å²) < 4.78 is 1.88. The number of hydrogen-bond donors (Lipinski definition) is 1. The molecule has 1 aliphatic rings. The van der Waals surface area contributed by atoms with Crippen molar-refractivity contribution >= 4 is 0 Å². The predicted octanol–water partition coefficient (Wildman–Crippen LogP) is 1.17. The quantitative estimate of drug-likeness (QED) is 0.853. The molecular formula is C13H25N5. The third kappa shape index (κ3) is 3.09. The highest BCUT2D eigenvalue weighted by atomic mass is 15.3. The number of piperidine rings is 1. The zero-order chi connectivity index (χ0) is 13.0. The van der Waals surface area contributed by atoms with Crippen molar-refractivity contribution in [2.24, 2.45) is 7.05 Å². The van der Waals surface area contributed by atoms with Crippen LogP contribution in [0.5, 0.6) is 0 Å². The monoisotopic (exact) mass is 251 g/mol. The molecule has 2 atom stereocenters. The van der Waals surface area contributed by atoms with Gasteiger partial charge in [0.2, 0.25) is 0 Å². The van der Waals surface area contributed by atoms with Crippen LogP contribution < -0.4 is 5.32 Å². The van der Waals surface area contributed by atoms with E-state index in [1.54, 1.807) is 6.33 Å². The van der Waals surface area contributed by atoms with E-state index in [1.165, 1.54) is 25.8 Å². The minimum absolute atomic E-state index is 0.545. The lowest BCUT2D eigenvalue weighted by Crippen LogP contribution is -2.50. The molecule has 2 heterocycles. The van der Waals surface area contributed by atoms with Crippen LogP contribution >= 0.6 is 0 Å². The molecule has 0 radical (unpaired) electrons. The van der Waals surface area contributed by atoms with E-state index < -0.39 is 0 Å². The second-order valence-electron chi connectivity index (χ2n) is 5.18. The molecule has 1 aliphatic heterocycles. The summed E-state index contributed by atoms with van der Waals surface area (Å²) in [4.78, 5) is 6.90. The summed E-state index contributed by atoms with van der Waals surface area (Å²) in [6.07, 6.45) is 5.57. The van der Waals surface area contributed by atoms with Gasteiger partial charge in [0.25, 0.3) is 0 Å². The fraction of sp³-hybridized carbons (Fsp3) is 0.846. The van der Waals surface area contributed by atoms with Gasteiger partial charge in [-0.2, -0.15) is 5.10 Å². The third-order valence-electron chi connectivity index (χ3n) is 3.92. The lowest BCUT2D eigenvalue weighted by molar-refractivity contribution is 0.108. The molecule has 0 bridgehead atoms. The molecule has 0 aromatic carbocycles. The zero-order valence-corrected chi connectivity index (χ0v) is 11.8. The molecule has 0 spiro atoms. The van der Waals surface area contributed by atoms with E-state index in [-0.39, 0.29) is 0 Å². The van der Waals surface area contributed by atoms with Crippen LogP contribution in [0.25, 0.3) is 0 Å². The van der Waals surface area contributed by atoms with E-state index in [0.717, 1.165) is 18.9 Å². The molecule has 1 aromatic heterocycles. The first-order valence-electron chi connectivity index (χ1n) is 7.02. The number of aryl methyl sites for hydroxylation is 1. The Labute approximate surface area is 110 Å². The number of nitrogens with zero attached hydrogens (tertiary/aromatic N) is 4. The van der Waals surface area contributed by atoms with E-state index >= 15 is 0 Å². The predicted molar refractivity (Wildman–Crippen MR) is 72.2 cm³/mol. The Balaban J connectivity index is 2.01. The maximum Gasteiger partial charge on any atom is 0.140 e. The van der Waals surface area contributed by atoms with Crippen molar-refractivity contribution in [3.05, 3.63) is 12.2 Å². The van der Waals surface area contributed by atoms with Crippen molar-refractivity contribution in [3.63, 3.8) is 0 Å². The summed E-state index contributed by atoms with van der Waals surface area (Å²) in [5.74, 6) is 1.06. The van der Waals surface area contributed by atoms with Gasteiger partial charge in [0.15, 0.2) is 0 Å². The third-order valence-corrected chi connectivity index (χ3v) is 3.92. The molecule has 18 heavy (non-hydrogen) atoms. The first kappa shape index (κ1) is 13.5. The van der Waals surface area contributed by atoms with Crippen molar-refractivity contribution in [1.29, 1.82) is 0 Å². The molecule has 2 rings (SSSR count). The molecule has 0 amide bonds. The summed E-state index contributed by atoms with van der Waals surface area (Å²) in [6, 6.07) is 1.17. The van der Waals surface area contributed by atoms with Gasteiger partial charge in [-0.3, -0.25) is 9.58 Å². The van der Waals surface area contributed by atoms with Gasteiger partial charge in [-0.1, -0.05) is 13.3 Å². The van der Waals surface area contributed by atoms with Crippen LogP contribution in [0.3, 0.4) is 0 Å². The van der Waals surface area contributed by atoms with Gasteiger partial charge < -0.3 is 5.32 Å². The normalized spacial score (nSPS) is 23.2. The maximum absolute atomic E-state index is 4.34. The van der Waals surface area contributed by atoms with E-state index in [0.29, 0.717) is 12.1 Å². The summed E-state index contributed by atoms with van der Waals surface area (Å²) in [5.41, 5.74) is 0. The van der Waals surface area contributed by atoms with Crippen molar-refractivity contribution in [2.75, 3.05) is 13.1 Å². The summed E-state index contributed by atoms with van der Waals surface area (Å²) >= 11 is 0. The molecule has 5 nitrogen and oxygen atoms in total. The summed E-state index contributed by atoms with van der Waals surface area (Å²) in [5, 5.41) is 7.71. The van der Waals surface area contributed by atoms with Gasteiger partial charge in [-0.25, -0.2) is 4.98 Å². The number of likely N-dealkylation sites (N-methyl/N-ethyl adjacent to an activating group) is 1. The SMILES string of the molecule is CCNC(C)C1CCCCN1Cc1ncnn1C. The Kier molecular flexibility index (Phi) is 4.72. The average molecular weight is 251 g/mol.